The van der Waals surface area contributed by atoms with E-state index >= 15 is 0 Å². The second kappa shape index (κ2) is 7.27. The molecule has 0 saturated carbocycles. The summed E-state index contributed by atoms with van der Waals surface area (Å²) in [7, 11) is 0. The van der Waals surface area contributed by atoms with Gasteiger partial charge in [0.05, 0.1) is 5.56 Å². The average Bonchev–Trinajstić information content (AvgIpc) is 3.05. The second-order valence-corrected chi connectivity index (χ2v) is 7.14. The first-order valence-corrected chi connectivity index (χ1v) is 9.35. The van der Waals surface area contributed by atoms with Crippen molar-refractivity contribution >= 4 is 22.7 Å². The predicted octanol–water partition coefficient (Wildman–Crippen LogP) is 2.98. The van der Waals surface area contributed by atoms with Gasteiger partial charge < -0.3 is 15.6 Å². The number of fused-ring (bicyclic) bond motifs is 2. The van der Waals surface area contributed by atoms with E-state index in [1.807, 2.05) is 24.3 Å². The number of aryl methyl sites for hydroxylation is 1. The average molecular weight is 361 g/mol. The number of nitrogens with one attached hydrogen (secondary N) is 1. The molecule has 3 N–H and O–H groups in total. The SMILES string of the molecule is NC(=O)c1cn(CC(=O)NC[C@@H]2CCCc3ccccc32)c2ccccc12. The number of carbonyl (C=O) groups excluding carboxylic acids is 2. The van der Waals surface area contributed by atoms with Crippen LogP contribution >= 0.6 is 0 Å². The third-order valence-electron chi connectivity index (χ3n) is 5.41. The highest BCUT2D eigenvalue weighted by molar-refractivity contribution is 6.06. The van der Waals surface area contributed by atoms with Crippen molar-refractivity contribution in [2.24, 2.45) is 5.73 Å². The number of benzene rings is 2. The van der Waals surface area contributed by atoms with Crippen LogP contribution in [0.5, 0.6) is 0 Å². The van der Waals surface area contributed by atoms with Crippen LogP contribution in [0.1, 0.15) is 40.2 Å². The lowest BCUT2D eigenvalue weighted by Gasteiger charge is -2.25. The first-order valence-electron chi connectivity index (χ1n) is 9.35. The molecule has 2 amide bonds. The number of amides is 2. The molecule has 2 aromatic carbocycles. The Morgan fingerprint density at radius 3 is 2.74 bits per heavy atom. The predicted molar refractivity (Wildman–Crippen MR) is 106 cm³/mol. The third kappa shape index (κ3) is 3.45. The molecular weight excluding hydrogens is 338 g/mol. The smallest absolute Gasteiger partial charge is 0.250 e. The number of aromatic nitrogens is 1. The molecule has 1 heterocycles. The maximum absolute atomic E-state index is 12.5. The van der Waals surface area contributed by atoms with Gasteiger partial charge in [0, 0.05) is 29.6 Å². The lowest BCUT2D eigenvalue weighted by molar-refractivity contribution is -0.121. The molecule has 3 aromatic rings. The minimum Gasteiger partial charge on any atom is -0.366 e. The monoisotopic (exact) mass is 361 g/mol. The number of carbonyl (C=O) groups is 2. The molecule has 0 spiro atoms. The number of nitrogens with two attached hydrogens (primary N) is 1. The molecule has 0 unspecified atom stereocenters. The summed E-state index contributed by atoms with van der Waals surface area (Å²) in [5, 5.41) is 3.85. The third-order valence-corrected chi connectivity index (χ3v) is 5.41. The Labute approximate surface area is 158 Å². The summed E-state index contributed by atoms with van der Waals surface area (Å²) in [4.78, 5) is 24.2. The molecular formula is C22H23N3O2. The van der Waals surface area contributed by atoms with Gasteiger partial charge in [-0.15, -0.1) is 0 Å². The molecule has 27 heavy (non-hydrogen) atoms. The van der Waals surface area contributed by atoms with Crippen molar-refractivity contribution in [2.75, 3.05) is 6.54 Å². The molecule has 1 atom stereocenters. The fourth-order valence-electron chi connectivity index (χ4n) is 4.09. The van der Waals surface area contributed by atoms with Crippen LogP contribution in [0.3, 0.4) is 0 Å². The highest BCUT2D eigenvalue weighted by atomic mass is 16.2. The maximum atomic E-state index is 12.5. The lowest BCUT2D eigenvalue weighted by atomic mass is 9.83. The van der Waals surface area contributed by atoms with E-state index in [-0.39, 0.29) is 12.5 Å². The number of nitrogens with zero attached hydrogens (tertiary/aromatic N) is 1. The normalized spacial score (nSPS) is 16.1. The van der Waals surface area contributed by atoms with E-state index in [0.717, 1.165) is 30.2 Å². The number of hydrogen-bond acceptors (Lipinski definition) is 2. The molecule has 0 saturated heterocycles. The van der Waals surface area contributed by atoms with Crippen LogP contribution in [0.15, 0.2) is 54.7 Å². The van der Waals surface area contributed by atoms with Crippen LogP contribution in [0.25, 0.3) is 10.9 Å². The number of hydrogen-bond donors (Lipinski definition) is 2. The van der Waals surface area contributed by atoms with Gasteiger partial charge in [0.25, 0.3) is 5.91 Å². The molecule has 0 bridgehead atoms. The summed E-state index contributed by atoms with van der Waals surface area (Å²) in [6, 6.07) is 16.0. The molecule has 1 aliphatic carbocycles. The second-order valence-electron chi connectivity index (χ2n) is 7.14. The minimum absolute atomic E-state index is 0.0603. The van der Waals surface area contributed by atoms with Crippen LogP contribution in [-0.4, -0.2) is 22.9 Å². The fraction of sp³-hybridized carbons (Fsp3) is 0.273. The fourth-order valence-corrected chi connectivity index (χ4v) is 4.09. The summed E-state index contributed by atoms with van der Waals surface area (Å²) in [6.45, 7) is 0.805. The standard InChI is InChI=1S/C22H23N3O2/c23-22(27)19-13-25(20-11-4-3-10-18(19)20)14-21(26)24-12-16-8-5-7-15-6-1-2-9-17(15)16/h1-4,6,9-11,13,16H,5,7-8,12,14H2,(H2,23,27)(H,24,26)/t16-/m0/s1. The minimum atomic E-state index is -0.482. The van der Waals surface area contributed by atoms with Crippen LogP contribution in [-0.2, 0) is 17.8 Å². The van der Waals surface area contributed by atoms with Gasteiger partial charge in [0.15, 0.2) is 0 Å². The molecule has 5 heteroatoms. The molecule has 5 nitrogen and oxygen atoms in total. The highest BCUT2D eigenvalue weighted by Gasteiger charge is 2.20. The van der Waals surface area contributed by atoms with E-state index in [2.05, 4.69) is 29.6 Å². The highest BCUT2D eigenvalue weighted by Crippen LogP contribution is 2.30. The molecule has 138 valence electrons. The number of rotatable bonds is 5. The van der Waals surface area contributed by atoms with Gasteiger partial charge in [-0.1, -0.05) is 42.5 Å². The Kier molecular flexibility index (Phi) is 4.67. The summed E-state index contributed by atoms with van der Waals surface area (Å²) in [5.74, 6) is -0.180. The maximum Gasteiger partial charge on any atom is 0.250 e. The Bertz CT molecular complexity index is 1010. The summed E-state index contributed by atoms with van der Waals surface area (Å²) < 4.78 is 1.79. The van der Waals surface area contributed by atoms with Crippen LogP contribution < -0.4 is 11.1 Å². The van der Waals surface area contributed by atoms with Gasteiger partial charge in [-0.25, -0.2) is 0 Å². The largest absolute Gasteiger partial charge is 0.366 e. The van der Waals surface area contributed by atoms with Gasteiger partial charge >= 0.3 is 0 Å². The van der Waals surface area contributed by atoms with Gasteiger partial charge in [-0.05, 0) is 36.5 Å². The Morgan fingerprint density at radius 2 is 1.89 bits per heavy atom. The van der Waals surface area contributed by atoms with Crippen LogP contribution in [0.4, 0.5) is 0 Å². The van der Waals surface area contributed by atoms with Crippen molar-refractivity contribution < 1.29 is 9.59 Å². The molecule has 1 aliphatic rings. The Balaban J connectivity index is 1.47. The summed E-state index contributed by atoms with van der Waals surface area (Å²) >= 11 is 0. The van der Waals surface area contributed by atoms with Crippen molar-refractivity contribution in [1.29, 1.82) is 0 Å². The lowest BCUT2D eigenvalue weighted by Crippen LogP contribution is -2.32. The van der Waals surface area contributed by atoms with Gasteiger partial charge in [0.2, 0.25) is 5.91 Å². The van der Waals surface area contributed by atoms with E-state index in [0.29, 0.717) is 18.0 Å². The zero-order valence-electron chi connectivity index (χ0n) is 15.2. The van der Waals surface area contributed by atoms with Crippen molar-refractivity contribution in [3.63, 3.8) is 0 Å². The van der Waals surface area contributed by atoms with E-state index in [1.54, 1.807) is 10.8 Å². The van der Waals surface area contributed by atoms with E-state index in [4.69, 9.17) is 5.73 Å². The van der Waals surface area contributed by atoms with E-state index in [1.165, 1.54) is 11.1 Å². The van der Waals surface area contributed by atoms with Crippen molar-refractivity contribution in [3.05, 3.63) is 71.4 Å². The van der Waals surface area contributed by atoms with Crippen molar-refractivity contribution in [2.45, 2.75) is 31.7 Å². The van der Waals surface area contributed by atoms with Crippen LogP contribution in [0, 0.1) is 0 Å². The zero-order chi connectivity index (χ0) is 18.8. The molecule has 4 rings (SSSR count). The first-order chi connectivity index (χ1) is 13.1. The first kappa shape index (κ1) is 17.3. The summed E-state index contributed by atoms with van der Waals surface area (Å²) in [5.41, 5.74) is 9.50. The molecule has 0 aliphatic heterocycles. The van der Waals surface area contributed by atoms with Crippen molar-refractivity contribution in [1.82, 2.24) is 9.88 Å². The van der Waals surface area contributed by atoms with Gasteiger partial charge in [-0.3, -0.25) is 9.59 Å². The Morgan fingerprint density at radius 1 is 1.11 bits per heavy atom. The quantitative estimate of drug-likeness (QED) is 0.733. The number of primary amides is 1. The number of para-hydroxylation sites is 1. The van der Waals surface area contributed by atoms with E-state index in [9.17, 15) is 9.59 Å². The van der Waals surface area contributed by atoms with Gasteiger partial charge in [0.1, 0.15) is 6.54 Å². The molecule has 1 aromatic heterocycles. The molecule has 0 fully saturated rings. The van der Waals surface area contributed by atoms with Crippen molar-refractivity contribution in [3.8, 4) is 0 Å². The van der Waals surface area contributed by atoms with Crippen LogP contribution in [0.2, 0.25) is 0 Å². The topological polar surface area (TPSA) is 77.1 Å². The zero-order valence-corrected chi connectivity index (χ0v) is 15.2. The van der Waals surface area contributed by atoms with Gasteiger partial charge in [-0.2, -0.15) is 0 Å². The van der Waals surface area contributed by atoms with E-state index < -0.39 is 5.91 Å². The Hall–Kier alpha value is -3.08. The molecule has 0 radical (unpaired) electrons. The summed E-state index contributed by atoms with van der Waals surface area (Å²) in [6.07, 6.45) is 5.03.